The number of halogens is 3. The van der Waals surface area contributed by atoms with E-state index in [2.05, 4.69) is 31.9 Å². The maximum Gasteiger partial charge on any atom is 0.324 e. The van der Waals surface area contributed by atoms with Crippen LogP contribution in [0.15, 0.2) is 29.0 Å². The van der Waals surface area contributed by atoms with Gasteiger partial charge in [-0.2, -0.15) is 4.98 Å². The molecule has 2 aliphatic heterocycles. The summed E-state index contributed by atoms with van der Waals surface area (Å²) < 4.78 is 52.7. The lowest BCUT2D eigenvalue weighted by Crippen LogP contribution is -2.36. The van der Waals surface area contributed by atoms with Gasteiger partial charge in [-0.3, -0.25) is 0 Å². The number of ether oxygens (including phenoxy) is 1. The Balaban J connectivity index is 1.07. The molecule has 2 fully saturated rings. The Kier molecular flexibility index (Phi) is 8.43. The van der Waals surface area contributed by atoms with E-state index in [-0.39, 0.29) is 11.5 Å². The molecule has 5 rings (SSSR count). The summed E-state index contributed by atoms with van der Waals surface area (Å²) in [6.07, 6.45) is 6.25. The average Bonchev–Trinajstić information content (AvgIpc) is 3.59. The number of benzene rings is 1. The molecule has 2 aromatic heterocycles. The standard InChI is InChI=1S/C28H36F3N7O2/c1-16(2)26-35-28(40-36-26)37-7-4-18(5-8-37)17(3)6-9-39-19-12-33-27(34-13-19)38-14-21(25(32)15-38)20-10-23(30)24(31)11-22(20)29/h10-13,16-18,21,25H,4-9,14-15,32H2,1-3H3/t17-,21+,25-/m1/s1. The minimum absolute atomic E-state index is 0.0588. The number of hydrogen-bond acceptors (Lipinski definition) is 9. The normalized spacial score (nSPS) is 20.9. The summed E-state index contributed by atoms with van der Waals surface area (Å²) in [4.78, 5) is 17.3. The van der Waals surface area contributed by atoms with Crippen LogP contribution in [0.5, 0.6) is 5.75 Å². The molecular formula is C28H36F3N7O2. The number of hydrogen-bond donors (Lipinski definition) is 1. The van der Waals surface area contributed by atoms with Gasteiger partial charge >= 0.3 is 6.01 Å². The molecule has 40 heavy (non-hydrogen) atoms. The third kappa shape index (κ3) is 6.16. The Bertz CT molecular complexity index is 1280. The van der Waals surface area contributed by atoms with E-state index in [1.165, 1.54) is 0 Å². The number of aromatic nitrogens is 4. The lowest BCUT2D eigenvalue weighted by molar-refractivity contribution is 0.219. The van der Waals surface area contributed by atoms with Crippen LogP contribution in [0.25, 0.3) is 0 Å². The van der Waals surface area contributed by atoms with Crippen LogP contribution in [0.3, 0.4) is 0 Å². The molecule has 0 aliphatic carbocycles. The van der Waals surface area contributed by atoms with Crippen LogP contribution in [0, 0.1) is 29.3 Å². The van der Waals surface area contributed by atoms with E-state index in [4.69, 9.17) is 15.0 Å². The smallest absolute Gasteiger partial charge is 0.324 e. The summed E-state index contributed by atoms with van der Waals surface area (Å²) in [5, 5.41) is 4.07. The van der Waals surface area contributed by atoms with E-state index < -0.39 is 29.4 Å². The molecule has 3 atom stereocenters. The van der Waals surface area contributed by atoms with Crippen molar-refractivity contribution in [3.05, 3.63) is 53.4 Å². The summed E-state index contributed by atoms with van der Waals surface area (Å²) in [5.74, 6) is -0.560. The van der Waals surface area contributed by atoms with Crippen molar-refractivity contribution in [2.45, 2.75) is 57.9 Å². The highest BCUT2D eigenvalue weighted by Crippen LogP contribution is 2.32. The fourth-order valence-corrected chi connectivity index (χ4v) is 5.54. The Morgan fingerprint density at radius 1 is 1.00 bits per heavy atom. The fourth-order valence-electron chi connectivity index (χ4n) is 5.54. The summed E-state index contributed by atoms with van der Waals surface area (Å²) in [7, 11) is 0. The first-order valence-electron chi connectivity index (χ1n) is 13.9. The molecule has 0 spiro atoms. The minimum atomic E-state index is -1.22. The molecular weight excluding hydrogens is 523 g/mol. The van der Waals surface area contributed by atoms with E-state index in [1.54, 1.807) is 12.4 Å². The third-order valence-electron chi connectivity index (χ3n) is 8.11. The molecule has 3 aromatic rings. The fraction of sp³-hybridized carbons (Fsp3) is 0.571. The second kappa shape index (κ2) is 12.0. The number of anilines is 2. The molecule has 2 saturated heterocycles. The second-order valence-corrected chi connectivity index (χ2v) is 11.2. The minimum Gasteiger partial charge on any atom is -0.490 e. The van der Waals surface area contributed by atoms with Crippen LogP contribution < -0.4 is 20.3 Å². The Morgan fingerprint density at radius 2 is 1.70 bits per heavy atom. The van der Waals surface area contributed by atoms with Gasteiger partial charge in [-0.25, -0.2) is 23.1 Å². The van der Waals surface area contributed by atoms with Crippen LogP contribution in [0.1, 0.15) is 63.3 Å². The van der Waals surface area contributed by atoms with Gasteiger partial charge in [0, 0.05) is 50.1 Å². The largest absolute Gasteiger partial charge is 0.490 e. The number of nitrogens with two attached hydrogens (primary N) is 1. The molecule has 1 aromatic carbocycles. The molecule has 2 N–H and O–H groups in total. The monoisotopic (exact) mass is 559 g/mol. The molecule has 9 nitrogen and oxygen atoms in total. The zero-order valence-electron chi connectivity index (χ0n) is 23.1. The highest BCUT2D eigenvalue weighted by molar-refractivity contribution is 5.39. The zero-order chi connectivity index (χ0) is 28.4. The van der Waals surface area contributed by atoms with Gasteiger partial charge in [-0.1, -0.05) is 25.9 Å². The summed E-state index contributed by atoms with van der Waals surface area (Å²) in [6.45, 7) is 9.37. The molecule has 4 heterocycles. The van der Waals surface area contributed by atoms with Crippen molar-refractivity contribution in [2.24, 2.45) is 17.6 Å². The average molecular weight is 560 g/mol. The number of rotatable bonds is 9. The van der Waals surface area contributed by atoms with Crippen molar-refractivity contribution in [3.8, 4) is 5.75 Å². The first-order chi connectivity index (χ1) is 19.2. The van der Waals surface area contributed by atoms with Crippen molar-refractivity contribution < 1.29 is 22.4 Å². The van der Waals surface area contributed by atoms with Crippen molar-refractivity contribution in [2.75, 3.05) is 42.6 Å². The van der Waals surface area contributed by atoms with Gasteiger partial charge in [0.05, 0.1) is 19.0 Å². The molecule has 0 amide bonds. The van der Waals surface area contributed by atoms with E-state index in [9.17, 15) is 13.2 Å². The SMILES string of the molecule is CC(C)c1noc(N2CCC([C@H](C)CCOc3cnc(N4C[C@@H](N)[C@H](c5cc(F)c(F)cc5F)C4)nc3)CC2)n1. The maximum atomic E-state index is 14.3. The van der Waals surface area contributed by atoms with Crippen LogP contribution in [-0.2, 0) is 0 Å². The van der Waals surface area contributed by atoms with Gasteiger partial charge in [-0.15, -0.1) is 0 Å². The third-order valence-corrected chi connectivity index (χ3v) is 8.11. The summed E-state index contributed by atoms with van der Waals surface area (Å²) in [6, 6.07) is 1.59. The summed E-state index contributed by atoms with van der Waals surface area (Å²) >= 11 is 0. The van der Waals surface area contributed by atoms with Gasteiger partial charge in [0.25, 0.3) is 0 Å². The Labute approximate surface area is 231 Å². The van der Waals surface area contributed by atoms with Crippen molar-refractivity contribution in [1.29, 1.82) is 0 Å². The van der Waals surface area contributed by atoms with Crippen LogP contribution in [-0.4, -0.2) is 58.9 Å². The molecule has 0 bridgehead atoms. The Morgan fingerprint density at radius 3 is 2.38 bits per heavy atom. The zero-order valence-corrected chi connectivity index (χ0v) is 23.1. The van der Waals surface area contributed by atoms with E-state index >= 15 is 0 Å². The highest BCUT2D eigenvalue weighted by Gasteiger charge is 2.35. The van der Waals surface area contributed by atoms with Gasteiger partial charge < -0.3 is 24.8 Å². The van der Waals surface area contributed by atoms with Gasteiger partial charge in [0.1, 0.15) is 5.82 Å². The van der Waals surface area contributed by atoms with Crippen LogP contribution in [0.2, 0.25) is 0 Å². The van der Waals surface area contributed by atoms with Gasteiger partial charge in [0.2, 0.25) is 5.95 Å². The van der Waals surface area contributed by atoms with E-state index in [0.29, 0.717) is 55.3 Å². The van der Waals surface area contributed by atoms with E-state index in [0.717, 1.165) is 44.2 Å². The number of nitrogens with zero attached hydrogens (tertiary/aromatic N) is 6. The van der Waals surface area contributed by atoms with Crippen molar-refractivity contribution in [1.82, 2.24) is 20.1 Å². The maximum absolute atomic E-state index is 14.3. The van der Waals surface area contributed by atoms with Gasteiger partial charge in [0.15, 0.2) is 23.2 Å². The van der Waals surface area contributed by atoms with Crippen LogP contribution >= 0.6 is 0 Å². The lowest BCUT2D eigenvalue weighted by atomic mass is 9.84. The van der Waals surface area contributed by atoms with Crippen molar-refractivity contribution >= 4 is 12.0 Å². The molecule has 2 aliphatic rings. The summed E-state index contributed by atoms with van der Waals surface area (Å²) in [5.41, 5.74) is 6.27. The molecule has 12 heteroatoms. The molecule has 216 valence electrons. The predicted octanol–water partition coefficient (Wildman–Crippen LogP) is 4.65. The molecule has 0 radical (unpaired) electrons. The lowest BCUT2D eigenvalue weighted by Gasteiger charge is -2.33. The molecule has 0 saturated carbocycles. The first-order valence-corrected chi connectivity index (χ1v) is 13.9. The highest BCUT2D eigenvalue weighted by atomic mass is 19.2. The first kappa shape index (κ1) is 28.1. The molecule has 0 unspecified atom stereocenters. The van der Waals surface area contributed by atoms with E-state index in [1.807, 2.05) is 18.7 Å². The van der Waals surface area contributed by atoms with Crippen molar-refractivity contribution in [3.63, 3.8) is 0 Å². The predicted molar refractivity (Wildman–Crippen MR) is 144 cm³/mol. The Hall–Kier alpha value is -3.41. The second-order valence-electron chi connectivity index (χ2n) is 11.2. The topological polar surface area (TPSA) is 106 Å². The number of piperidine rings is 1. The van der Waals surface area contributed by atoms with Crippen LogP contribution in [0.4, 0.5) is 25.1 Å². The van der Waals surface area contributed by atoms with Gasteiger partial charge in [-0.05, 0) is 42.7 Å². The quantitative estimate of drug-likeness (QED) is 0.375.